The average molecular weight is 258 g/mol. The van der Waals surface area contributed by atoms with Gasteiger partial charge in [-0.3, -0.25) is 0 Å². The molecule has 1 aliphatic heterocycles. The van der Waals surface area contributed by atoms with E-state index in [0.717, 1.165) is 38.9 Å². The molecule has 108 valence electrons. The van der Waals surface area contributed by atoms with Crippen LogP contribution in [0, 0.1) is 11.8 Å². The van der Waals surface area contributed by atoms with Gasteiger partial charge < -0.3 is 20.4 Å². The Bertz CT molecular complexity index is 224. The Labute approximate surface area is 111 Å². The standard InChI is InChI=1S/C14H30N2O2/c1-11(2)14(18)8-12-7-13(10-16(3)9-12)15-5-4-6-17/h11-15,17-18H,4-10H2,1-3H3. The van der Waals surface area contributed by atoms with Crippen LogP contribution in [0.4, 0.5) is 0 Å². The van der Waals surface area contributed by atoms with Crippen LogP contribution in [0.3, 0.4) is 0 Å². The normalized spacial score (nSPS) is 27.7. The van der Waals surface area contributed by atoms with E-state index in [9.17, 15) is 5.11 Å². The summed E-state index contributed by atoms with van der Waals surface area (Å²) in [7, 11) is 2.15. The third kappa shape index (κ3) is 5.65. The Kier molecular flexibility index (Phi) is 7.15. The van der Waals surface area contributed by atoms with Gasteiger partial charge in [-0.2, -0.15) is 0 Å². The van der Waals surface area contributed by atoms with E-state index in [-0.39, 0.29) is 12.7 Å². The van der Waals surface area contributed by atoms with Gasteiger partial charge in [0.1, 0.15) is 0 Å². The molecule has 0 aromatic carbocycles. The molecule has 1 rings (SSSR count). The van der Waals surface area contributed by atoms with E-state index in [1.807, 2.05) is 0 Å². The molecule has 0 amide bonds. The molecule has 18 heavy (non-hydrogen) atoms. The third-order valence-corrected chi connectivity index (χ3v) is 3.83. The van der Waals surface area contributed by atoms with Crippen molar-refractivity contribution < 1.29 is 10.2 Å². The zero-order chi connectivity index (χ0) is 13.5. The summed E-state index contributed by atoms with van der Waals surface area (Å²) in [6.45, 7) is 7.45. The molecular weight excluding hydrogens is 228 g/mol. The van der Waals surface area contributed by atoms with E-state index in [0.29, 0.717) is 17.9 Å². The largest absolute Gasteiger partial charge is 0.396 e. The summed E-state index contributed by atoms with van der Waals surface area (Å²) in [6.07, 6.45) is 2.68. The van der Waals surface area contributed by atoms with Crippen LogP contribution in [0.2, 0.25) is 0 Å². The minimum absolute atomic E-state index is 0.181. The van der Waals surface area contributed by atoms with Gasteiger partial charge in [0, 0.05) is 25.7 Å². The summed E-state index contributed by atoms with van der Waals surface area (Å²) in [5.41, 5.74) is 0. The minimum Gasteiger partial charge on any atom is -0.396 e. The number of nitrogens with zero attached hydrogens (tertiary/aromatic N) is 1. The Morgan fingerprint density at radius 2 is 2.06 bits per heavy atom. The van der Waals surface area contributed by atoms with E-state index >= 15 is 0 Å². The molecule has 0 aliphatic carbocycles. The molecule has 4 heteroatoms. The van der Waals surface area contributed by atoms with Gasteiger partial charge >= 0.3 is 0 Å². The first-order valence-corrected chi connectivity index (χ1v) is 7.23. The number of aliphatic hydroxyl groups excluding tert-OH is 2. The summed E-state index contributed by atoms with van der Waals surface area (Å²) in [5, 5.41) is 22.3. The van der Waals surface area contributed by atoms with Crippen molar-refractivity contribution in [2.75, 3.05) is 33.3 Å². The number of hydrogen-bond acceptors (Lipinski definition) is 4. The van der Waals surface area contributed by atoms with Gasteiger partial charge in [0.15, 0.2) is 0 Å². The fraction of sp³-hybridized carbons (Fsp3) is 1.00. The lowest BCUT2D eigenvalue weighted by molar-refractivity contribution is 0.0684. The van der Waals surface area contributed by atoms with Gasteiger partial charge in [0.05, 0.1) is 6.10 Å². The predicted molar refractivity (Wildman–Crippen MR) is 74.6 cm³/mol. The highest BCUT2D eigenvalue weighted by Gasteiger charge is 2.27. The molecule has 3 N–H and O–H groups in total. The summed E-state index contributed by atoms with van der Waals surface area (Å²) in [4.78, 5) is 2.35. The van der Waals surface area contributed by atoms with Crippen molar-refractivity contribution in [3.63, 3.8) is 0 Å². The van der Waals surface area contributed by atoms with Gasteiger partial charge in [-0.15, -0.1) is 0 Å². The number of likely N-dealkylation sites (tertiary alicyclic amines) is 1. The first-order chi connectivity index (χ1) is 8.52. The van der Waals surface area contributed by atoms with Crippen molar-refractivity contribution in [3.8, 4) is 0 Å². The number of hydrogen-bond donors (Lipinski definition) is 3. The average Bonchev–Trinajstić information content (AvgIpc) is 2.28. The molecule has 3 atom stereocenters. The van der Waals surface area contributed by atoms with Gasteiger partial charge in [0.2, 0.25) is 0 Å². The van der Waals surface area contributed by atoms with Crippen LogP contribution in [0.25, 0.3) is 0 Å². The topological polar surface area (TPSA) is 55.7 Å². The van der Waals surface area contributed by atoms with E-state index in [4.69, 9.17) is 5.11 Å². The Balaban J connectivity index is 2.35. The highest BCUT2D eigenvalue weighted by molar-refractivity contribution is 4.83. The van der Waals surface area contributed by atoms with Crippen LogP contribution in [0.5, 0.6) is 0 Å². The Hall–Kier alpha value is -0.160. The highest BCUT2D eigenvalue weighted by atomic mass is 16.3. The summed E-state index contributed by atoms with van der Waals surface area (Å²) < 4.78 is 0. The van der Waals surface area contributed by atoms with Crippen molar-refractivity contribution in [3.05, 3.63) is 0 Å². The van der Waals surface area contributed by atoms with Crippen molar-refractivity contribution in [2.45, 2.75) is 45.3 Å². The van der Waals surface area contributed by atoms with Crippen molar-refractivity contribution in [2.24, 2.45) is 11.8 Å². The smallest absolute Gasteiger partial charge is 0.0566 e. The van der Waals surface area contributed by atoms with Crippen LogP contribution in [-0.4, -0.2) is 60.5 Å². The molecule has 0 radical (unpaired) electrons. The maximum absolute atomic E-state index is 9.99. The molecule has 0 aromatic heterocycles. The zero-order valence-electron chi connectivity index (χ0n) is 12.1. The van der Waals surface area contributed by atoms with Crippen LogP contribution >= 0.6 is 0 Å². The van der Waals surface area contributed by atoms with Crippen LogP contribution in [0.1, 0.15) is 33.1 Å². The first-order valence-electron chi connectivity index (χ1n) is 7.23. The van der Waals surface area contributed by atoms with Crippen molar-refractivity contribution >= 4 is 0 Å². The second-order valence-electron chi connectivity index (χ2n) is 6.10. The molecule has 1 aliphatic rings. The fourth-order valence-electron chi connectivity index (χ4n) is 2.76. The van der Waals surface area contributed by atoms with E-state index < -0.39 is 0 Å². The van der Waals surface area contributed by atoms with Crippen LogP contribution in [0.15, 0.2) is 0 Å². The molecule has 0 aromatic rings. The molecule has 3 unspecified atom stereocenters. The highest BCUT2D eigenvalue weighted by Crippen LogP contribution is 2.23. The second-order valence-corrected chi connectivity index (χ2v) is 6.10. The van der Waals surface area contributed by atoms with Crippen molar-refractivity contribution in [1.29, 1.82) is 0 Å². The number of likely N-dealkylation sites (N-methyl/N-ethyl adjacent to an activating group) is 1. The SMILES string of the molecule is CC(C)C(O)CC1CC(NCCCO)CN(C)C1. The first kappa shape index (κ1) is 15.9. The lowest BCUT2D eigenvalue weighted by Crippen LogP contribution is -2.48. The number of nitrogens with one attached hydrogen (secondary N) is 1. The Morgan fingerprint density at radius 3 is 2.67 bits per heavy atom. The maximum Gasteiger partial charge on any atom is 0.0566 e. The summed E-state index contributed by atoms with van der Waals surface area (Å²) in [6, 6.07) is 0.500. The molecule has 1 fully saturated rings. The predicted octanol–water partition coefficient (Wildman–Crippen LogP) is 0.686. The second kappa shape index (κ2) is 8.10. The molecule has 4 nitrogen and oxygen atoms in total. The molecule has 1 saturated heterocycles. The van der Waals surface area contributed by atoms with Crippen LogP contribution < -0.4 is 5.32 Å². The van der Waals surface area contributed by atoms with Gasteiger partial charge in [-0.05, 0) is 44.7 Å². The molecule has 0 saturated carbocycles. The minimum atomic E-state index is -0.181. The molecule has 0 bridgehead atoms. The van der Waals surface area contributed by atoms with E-state index in [1.165, 1.54) is 0 Å². The molecule has 1 heterocycles. The maximum atomic E-state index is 9.99. The fourth-order valence-corrected chi connectivity index (χ4v) is 2.76. The number of aliphatic hydroxyl groups is 2. The lowest BCUT2D eigenvalue weighted by Gasteiger charge is -2.37. The monoisotopic (exact) mass is 258 g/mol. The van der Waals surface area contributed by atoms with E-state index in [1.54, 1.807) is 0 Å². The zero-order valence-corrected chi connectivity index (χ0v) is 12.1. The van der Waals surface area contributed by atoms with Gasteiger partial charge in [-0.25, -0.2) is 0 Å². The van der Waals surface area contributed by atoms with Gasteiger partial charge in [0.25, 0.3) is 0 Å². The number of piperidine rings is 1. The summed E-state index contributed by atoms with van der Waals surface area (Å²) in [5.74, 6) is 0.922. The molecule has 0 spiro atoms. The van der Waals surface area contributed by atoms with Crippen LogP contribution in [-0.2, 0) is 0 Å². The third-order valence-electron chi connectivity index (χ3n) is 3.83. The van der Waals surface area contributed by atoms with E-state index in [2.05, 4.69) is 31.1 Å². The quantitative estimate of drug-likeness (QED) is 0.588. The summed E-state index contributed by atoms with van der Waals surface area (Å²) >= 11 is 0. The lowest BCUT2D eigenvalue weighted by atomic mass is 9.87. The number of rotatable bonds is 7. The van der Waals surface area contributed by atoms with Gasteiger partial charge in [-0.1, -0.05) is 13.8 Å². The Morgan fingerprint density at radius 1 is 1.33 bits per heavy atom. The van der Waals surface area contributed by atoms with Crippen molar-refractivity contribution in [1.82, 2.24) is 10.2 Å². The molecular formula is C14H30N2O2.